The van der Waals surface area contributed by atoms with E-state index >= 15 is 0 Å². The van der Waals surface area contributed by atoms with E-state index < -0.39 is 0 Å². The van der Waals surface area contributed by atoms with Crippen LogP contribution in [-0.4, -0.2) is 23.3 Å². The average molecular weight is 365 g/mol. The summed E-state index contributed by atoms with van der Waals surface area (Å²) in [5.41, 5.74) is 4.14. The lowest BCUT2D eigenvalue weighted by Crippen LogP contribution is -2.33. The lowest BCUT2D eigenvalue weighted by atomic mass is 10.1. The highest BCUT2D eigenvalue weighted by Crippen LogP contribution is 2.23. The van der Waals surface area contributed by atoms with Gasteiger partial charge in [-0.25, -0.2) is 4.98 Å². The minimum atomic E-state index is -0.362. The summed E-state index contributed by atoms with van der Waals surface area (Å²) in [6, 6.07) is 15.4. The normalized spacial score (nSPS) is 10.4. The van der Waals surface area contributed by atoms with Crippen molar-refractivity contribution in [2.24, 2.45) is 0 Å². The number of rotatable bonds is 5. The smallest absolute Gasteiger partial charge is 0.271 e. The molecule has 2 aromatic carbocycles. The summed E-state index contributed by atoms with van der Waals surface area (Å²) in [4.78, 5) is 28.7. The van der Waals surface area contributed by atoms with Gasteiger partial charge in [-0.2, -0.15) is 0 Å². The molecule has 0 aliphatic rings. The maximum absolute atomic E-state index is 12.2. The van der Waals surface area contributed by atoms with E-state index in [1.54, 1.807) is 5.38 Å². The standard InChI is InChI=1S/C20H19N3O2S/c1-13-7-6-10-16(14(13)2)22-18(24)11-21-19(25)17-12-26-20(23-17)15-8-4-3-5-9-15/h3-10,12H,11H2,1-2H3,(H,21,25)(H,22,24). The first kappa shape index (κ1) is 17.8. The van der Waals surface area contributed by atoms with Crippen molar-refractivity contribution in [1.82, 2.24) is 10.3 Å². The van der Waals surface area contributed by atoms with Crippen molar-refractivity contribution in [3.05, 3.63) is 70.7 Å². The van der Waals surface area contributed by atoms with Gasteiger partial charge in [0, 0.05) is 16.6 Å². The number of aryl methyl sites for hydroxylation is 1. The van der Waals surface area contributed by atoms with Gasteiger partial charge in [-0.1, -0.05) is 42.5 Å². The maximum atomic E-state index is 12.2. The molecule has 26 heavy (non-hydrogen) atoms. The minimum Gasteiger partial charge on any atom is -0.342 e. The average Bonchev–Trinajstić information content (AvgIpc) is 3.14. The van der Waals surface area contributed by atoms with Crippen LogP contribution in [-0.2, 0) is 4.79 Å². The number of hydrogen-bond donors (Lipinski definition) is 2. The molecule has 2 amide bonds. The summed E-state index contributed by atoms with van der Waals surface area (Å²) in [5, 5.41) is 7.90. The van der Waals surface area contributed by atoms with Gasteiger partial charge in [-0.15, -0.1) is 11.3 Å². The molecule has 0 fully saturated rings. The van der Waals surface area contributed by atoms with E-state index in [2.05, 4.69) is 15.6 Å². The van der Waals surface area contributed by atoms with Gasteiger partial charge < -0.3 is 10.6 Å². The summed E-state index contributed by atoms with van der Waals surface area (Å²) < 4.78 is 0. The number of anilines is 1. The number of aromatic nitrogens is 1. The summed E-state index contributed by atoms with van der Waals surface area (Å²) in [5.74, 6) is -0.634. The van der Waals surface area contributed by atoms with Crippen LogP contribution < -0.4 is 10.6 Å². The molecule has 0 atom stereocenters. The number of carbonyl (C=O) groups excluding carboxylic acids is 2. The fraction of sp³-hybridized carbons (Fsp3) is 0.150. The first-order valence-electron chi connectivity index (χ1n) is 8.20. The van der Waals surface area contributed by atoms with Crippen molar-refractivity contribution in [2.75, 3.05) is 11.9 Å². The zero-order valence-corrected chi connectivity index (χ0v) is 15.4. The van der Waals surface area contributed by atoms with E-state index in [4.69, 9.17) is 0 Å². The molecule has 1 heterocycles. The number of benzene rings is 2. The maximum Gasteiger partial charge on any atom is 0.271 e. The van der Waals surface area contributed by atoms with Crippen molar-refractivity contribution in [3.63, 3.8) is 0 Å². The molecule has 5 nitrogen and oxygen atoms in total. The molecule has 0 saturated heterocycles. The first-order chi connectivity index (χ1) is 12.5. The van der Waals surface area contributed by atoms with E-state index in [0.29, 0.717) is 5.69 Å². The van der Waals surface area contributed by atoms with E-state index in [-0.39, 0.29) is 18.4 Å². The molecular weight excluding hydrogens is 346 g/mol. The lowest BCUT2D eigenvalue weighted by molar-refractivity contribution is -0.115. The number of hydrogen-bond acceptors (Lipinski definition) is 4. The molecule has 0 bridgehead atoms. The van der Waals surface area contributed by atoms with Crippen LogP contribution >= 0.6 is 11.3 Å². The zero-order valence-electron chi connectivity index (χ0n) is 14.6. The number of carbonyl (C=O) groups is 2. The highest BCUT2D eigenvalue weighted by molar-refractivity contribution is 7.13. The Balaban J connectivity index is 1.58. The highest BCUT2D eigenvalue weighted by atomic mass is 32.1. The van der Waals surface area contributed by atoms with Gasteiger partial charge in [0.2, 0.25) is 5.91 Å². The highest BCUT2D eigenvalue weighted by Gasteiger charge is 2.13. The van der Waals surface area contributed by atoms with Crippen molar-refractivity contribution in [1.29, 1.82) is 0 Å². The molecule has 0 saturated carbocycles. The topological polar surface area (TPSA) is 71.1 Å². The Labute approximate surface area is 156 Å². The van der Waals surface area contributed by atoms with Crippen molar-refractivity contribution in [2.45, 2.75) is 13.8 Å². The predicted molar refractivity (Wildman–Crippen MR) is 104 cm³/mol. The second-order valence-electron chi connectivity index (χ2n) is 5.88. The van der Waals surface area contributed by atoms with Crippen molar-refractivity contribution >= 4 is 28.8 Å². The monoisotopic (exact) mass is 365 g/mol. The molecule has 3 aromatic rings. The van der Waals surface area contributed by atoms with Gasteiger partial charge in [0.25, 0.3) is 5.91 Å². The molecular formula is C20H19N3O2S. The number of nitrogens with one attached hydrogen (secondary N) is 2. The Morgan fingerprint density at radius 3 is 2.58 bits per heavy atom. The van der Waals surface area contributed by atoms with E-state index in [9.17, 15) is 9.59 Å². The molecule has 0 aliphatic heterocycles. The molecule has 0 radical (unpaired) electrons. The summed E-state index contributed by atoms with van der Waals surface area (Å²) >= 11 is 1.40. The minimum absolute atomic E-state index is 0.107. The van der Waals surface area contributed by atoms with Crippen LogP contribution in [0.5, 0.6) is 0 Å². The van der Waals surface area contributed by atoms with Gasteiger partial charge in [0.1, 0.15) is 10.7 Å². The number of amides is 2. The Morgan fingerprint density at radius 1 is 1.04 bits per heavy atom. The SMILES string of the molecule is Cc1cccc(NC(=O)CNC(=O)c2csc(-c3ccccc3)n2)c1C. The fourth-order valence-electron chi connectivity index (χ4n) is 2.42. The fourth-order valence-corrected chi connectivity index (χ4v) is 3.23. The lowest BCUT2D eigenvalue weighted by Gasteiger charge is -2.10. The zero-order chi connectivity index (χ0) is 18.5. The molecule has 1 aromatic heterocycles. The number of thiazole rings is 1. The van der Waals surface area contributed by atoms with Crippen molar-refractivity contribution < 1.29 is 9.59 Å². The Bertz CT molecular complexity index is 935. The quantitative estimate of drug-likeness (QED) is 0.722. The summed E-state index contributed by atoms with van der Waals surface area (Å²) in [6.45, 7) is 3.83. The third-order valence-corrected chi connectivity index (χ3v) is 4.94. The van der Waals surface area contributed by atoms with E-state index in [1.165, 1.54) is 11.3 Å². The largest absolute Gasteiger partial charge is 0.342 e. The molecule has 0 spiro atoms. The molecule has 6 heteroatoms. The van der Waals surface area contributed by atoms with Crippen LogP contribution in [0, 0.1) is 13.8 Å². The molecule has 3 rings (SSSR count). The second-order valence-corrected chi connectivity index (χ2v) is 6.74. The van der Waals surface area contributed by atoms with Crippen LogP contribution in [0.25, 0.3) is 10.6 Å². The van der Waals surface area contributed by atoms with Gasteiger partial charge in [-0.3, -0.25) is 9.59 Å². The van der Waals surface area contributed by atoms with Gasteiger partial charge in [0.05, 0.1) is 6.54 Å². The van der Waals surface area contributed by atoms with Crippen LogP contribution in [0.1, 0.15) is 21.6 Å². The second kappa shape index (κ2) is 7.93. The summed E-state index contributed by atoms with van der Waals surface area (Å²) in [6.07, 6.45) is 0. The van der Waals surface area contributed by atoms with E-state index in [0.717, 1.165) is 27.4 Å². The molecule has 0 unspecified atom stereocenters. The van der Waals surface area contributed by atoms with E-state index in [1.807, 2.05) is 62.4 Å². The van der Waals surface area contributed by atoms with Crippen LogP contribution in [0.4, 0.5) is 5.69 Å². The summed E-state index contributed by atoms with van der Waals surface area (Å²) in [7, 11) is 0. The predicted octanol–water partition coefficient (Wildman–Crippen LogP) is 3.80. The Hall–Kier alpha value is -2.99. The van der Waals surface area contributed by atoms with Crippen molar-refractivity contribution in [3.8, 4) is 10.6 Å². The first-order valence-corrected chi connectivity index (χ1v) is 9.08. The number of nitrogens with zero attached hydrogens (tertiary/aromatic N) is 1. The Morgan fingerprint density at radius 2 is 1.81 bits per heavy atom. The van der Waals surface area contributed by atoms with Gasteiger partial charge in [0.15, 0.2) is 0 Å². The molecule has 2 N–H and O–H groups in total. The third-order valence-electron chi connectivity index (χ3n) is 4.05. The van der Waals surface area contributed by atoms with Gasteiger partial charge >= 0.3 is 0 Å². The van der Waals surface area contributed by atoms with Crippen LogP contribution in [0.15, 0.2) is 53.9 Å². The Kier molecular flexibility index (Phi) is 5.43. The molecule has 132 valence electrons. The third kappa shape index (κ3) is 4.15. The van der Waals surface area contributed by atoms with Gasteiger partial charge in [-0.05, 0) is 31.0 Å². The van der Waals surface area contributed by atoms with Crippen LogP contribution in [0.2, 0.25) is 0 Å². The molecule has 0 aliphatic carbocycles. The van der Waals surface area contributed by atoms with Crippen LogP contribution in [0.3, 0.4) is 0 Å².